The van der Waals surface area contributed by atoms with E-state index in [9.17, 15) is 4.79 Å². The van der Waals surface area contributed by atoms with Gasteiger partial charge < -0.3 is 10.1 Å². The summed E-state index contributed by atoms with van der Waals surface area (Å²) in [5, 5.41) is 10.1. The maximum Gasteiger partial charge on any atom is 0.241 e. The number of nitrogens with one attached hydrogen (secondary N) is 2. The first-order chi connectivity index (χ1) is 11.7. The minimum atomic E-state index is -0.192. The number of benzene rings is 1. The number of hydrogen-bond acceptors (Lipinski definition) is 5. The first kappa shape index (κ1) is 15.3. The predicted octanol–water partition coefficient (Wildman–Crippen LogP) is 1.44. The number of aromatic nitrogens is 3. The molecule has 2 aliphatic rings. The summed E-state index contributed by atoms with van der Waals surface area (Å²) < 4.78 is 5.81. The second kappa shape index (κ2) is 6.33. The number of fused-ring (bicyclic) bond motifs is 1. The Hall–Kier alpha value is -2.25. The van der Waals surface area contributed by atoms with Crippen LogP contribution in [0.5, 0.6) is 0 Å². The number of nitrogens with zero attached hydrogens (tertiary/aromatic N) is 3. The topological polar surface area (TPSA) is 83.1 Å². The van der Waals surface area contributed by atoms with Crippen molar-refractivity contribution in [1.29, 1.82) is 0 Å². The second-order valence-electron chi connectivity index (χ2n) is 6.33. The van der Waals surface area contributed by atoms with Crippen LogP contribution in [-0.2, 0) is 16.0 Å². The third kappa shape index (κ3) is 2.92. The number of hydrogen-bond donors (Lipinski definition) is 2. The summed E-state index contributed by atoms with van der Waals surface area (Å²) in [6.45, 7) is 3.82. The van der Waals surface area contributed by atoms with Gasteiger partial charge in [-0.25, -0.2) is 4.98 Å². The van der Waals surface area contributed by atoms with Gasteiger partial charge in [0.2, 0.25) is 5.91 Å². The third-order valence-corrected chi connectivity index (χ3v) is 4.71. The van der Waals surface area contributed by atoms with Crippen molar-refractivity contribution in [3.8, 4) is 0 Å². The van der Waals surface area contributed by atoms with E-state index in [1.807, 2.05) is 25.1 Å². The van der Waals surface area contributed by atoms with Gasteiger partial charge in [0.15, 0.2) is 5.82 Å². The van der Waals surface area contributed by atoms with Crippen molar-refractivity contribution in [2.75, 3.05) is 25.0 Å². The molecule has 1 saturated heterocycles. The van der Waals surface area contributed by atoms with E-state index in [0.717, 1.165) is 30.9 Å². The molecule has 0 bridgehead atoms. The van der Waals surface area contributed by atoms with Crippen LogP contribution in [-0.4, -0.2) is 51.7 Å². The van der Waals surface area contributed by atoms with Gasteiger partial charge in [-0.1, -0.05) is 18.2 Å². The molecule has 1 aromatic heterocycles. The molecule has 1 aromatic carbocycles. The van der Waals surface area contributed by atoms with E-state index < -0.39 is 0 Å². The molecule has 2 atom stereocenters. The highest BCUT2D eigenvalue weighted by Crippen LogP contribution is 2.27. The van der Waals surface area contributed by atoms with Crippen LogP contribution in [0.15, 0.2) is 24.3 Å². The SMILES string of the molecule is Cc1nc([C@H]2CN([C@@H]3CCc4ccccc4NC3=O)CCO2)n[nH]1. The monoisotopic (exact) mass is 327 g/mol. The highest BCUT2D eigenvalue weighted by atomic mass is 16.5. The van der Waals surface area contributed by atoms with E-state index in [1.165, 1.54) is 5.56 Å². The first-order valence-electron chi connectivity index (χ1n) is 8.34. The Kier molecular flexibility index (Phi) is 4.03. The molecular formula is C17H21N5O2. The minimum Gasteiger partial charge on any atom is -0.367 e. The molecule has 0 radical (unpaired) electrons. The average molecular weight is 327 g/mol. The standard InChI is InChI=1S/C17H21N5O2/c1-11-18-16(21-20-11)15-10-22(8-9-24-15)14-7-6-12-4-2-3-5-13(12)19-17(14)23/h2-5,14-15H,6-10H2,1H3,(H,19,23)(H,18,20,21)/t14-,15-/m1/s1. The van der Waals surface area contributed by atoms with Crippen LogP contribution >= 0.6 is 0 Å². The van der Waals surface area contributed by atoms with Crippen LogP contribution in [0.25, 0.3) is 0 Å². The molecule has 7 nitrogen and oxygen atoms in total. The van der Waals surface area contributed by atoms with Crippen molar-refractivity contribution in [2.45, 2.75) is 31.9 Å². The van der Waals surface area contributed by atoms with E-state index >= 15 is 0 Å². The van der Waals surface area contributed by atoms with Crippen LogP contribution in [0.4, 0.5) is 5.69 Å². The van der Waals surface area contributed by atoms with Gasteiger partial charge in [0.05, 0.1) is 12.6 Å². The molecule has 1 amide bonds. The molecule has 126 valence electrons. The van der Waals surface area contributed by atoms with E-state index in [1.54, 1.807) is 0 Å². The van der Waals surface area contributed by atoms with Crippen LogP contribution in [0, 0.1) is 6.92 Å². The van der Waals surface area contributed by atoms with Crippen LogP contribution in [0.2, 0.25) is 0 Å². The summed E-state index contributed by atoms with van der Waals surface area (Å²) >= 11 is 0. The summed E-state index contributed by atoms with van der Waals surface area (Å²) in [6.07, 6.45) is 1.51. The lowest BCUT2D eigenvalue weighted by atomic mass is 10.0. The molecule has 0 aliphatic carbocycles. The van der Waals surface area contributed by atoms with Crippen molar-refractivity contribution in [2.24, 2.45) is 0 Å². The normalized spacial score (nSPS) is 25.0. The summed E-state index contributed by atoms with van der Waals surface area (Å²) in [5.41, 5.74) is 2.13. The van der Waals surface area contributed by atoms with Crippen molar-refractivity contribution in [1.82, 2.24) is 20.1 Å². The number of ether oxygens (including phenoxy) is 1. The van der Waals surface area contributed by atoms with Gasteiger partial charge in [0.1, 0.15) is 11.9 Å². The Morgan fingerprint density at radius 3 is 3.04 bits per heavy atom. The fraction of sp³-hybridized carbons (Fsp3) is 0.471. The van der Waals surface area contributed by atoms with Gasteiger partial charge >= 0.3 is 0 Å². The van der Waals surface area contributed by atoms with Gasteiger partial charge in [0, 0.05) is 18.8 Å². The van der Waals surface area contributed by atoms with Crippen molar-refractivity contribution < 1.29 is 9.53 Å². The summed E-state index contributed by atoms with van der Waals surface area (Å²) in [7, 11) is 0. The minimum absolute atomic E-state index is 0.0618. The quantitative estimate of drug-likeness (QED) is 0.872. The fourth-order valence-corrected chi connectivity index (χ4v) is 3.46. The average Bonchev–Trinajstić information content (AvgIpc) is 2.95. The second-order valence-corrected chi connectivity index (χ2v) is 6.33. The highest BCUT2D eigenvalue weighted by Gasteiger charge is 2.34. The first-order valence-corrected chi connectivity index (χ1v) is 8.34. The molecule has 3 heterocycles. The summed E-state index contributed by atoms with van der Waals surface area (Å²) in [5.74, 6) is 1.50. The van der Waals surface area contributed by atoms with Crippen molar-refractivity contribution in [3.63, 3.8) is 0 Å². The number of anilines is 1. The Labute approximate surface area is 140 Å². The molecule has 0 saturated carbocycles. The molecule has 24 heavy (non-hydrogen) atoms. The largest absolute Gasteiger partial charge is 0.367 e. The summed E-state index contributed by atoms with van der Waals surface area (Å²) in [4.78, 5) is 19.3. The number of para-hydroxylation sites is 1. The van der Waals surface area contributed by atoms with Gasteiger partial charge in [-0.3, -0.25) is 14.8 Å². The Morgan fingerprint density at radius 2 is 2.21 bits per heavy atom. The lowest BCUT2D eigenvalue weighted by Crippen LogP contribution is -2.49. The van der Waals surface area contributed by atoms with E-state index in [0.29, 0.717) is 19.0 Å². The number of aromatic amines is 1. The number of rotatable bonds is 2. The van der Waals surface area contributed by atoms with Crippen LogP contribution in [0.3, 0.4) is 0 Å². The number of aryl methyl sites for hydroxylation is 2. The zero-order valence-electron chi connectivity index (χ0n) is 13.7. The number of H-pyrrole nitrogens is 1. The maximum atomic E-state index is 12.7. The van der Waals surface area contributed by atoms with Crippen molar-refractivity contribution >= 4 is 11.6 Å². The zero-order valence-corrected chi connectivity index (χ0v) is 13.7. The molecule has 0 spiro atoms. The fourth-order valence-electron chi connectivity index (χ4n) is 3.46. The molecule has 4 rings (SSSR count). The van der Waals surface area contributed by atoms with E-state index in [2.05, 4.69) is 31.5 Å². The van der Waals surface area contributed by atoms with E-state index in [-0.39, 0.29) is 18.1 Å². The molecule has 2 N–H and O–H groups in total. The Balaban J connectivity index is 1.50. The molecular weight excluding hydrogens is 306 g/mol. The number of amides is 1. The lowest BCUT2D eigenvalue weighted by Gasteiger charge is -2.36. The van der Waals surface area contributed by atoms with Gasteiger partial charge in [-0.15, -0.1) is 0 Å². The number of morpholine rings is 1. The third-order valence-electron chi connectivity index (χ3n) is 4.71. The smallest absolute Gasteiger partial charge is 0.241 e. The molecule has 0 unspecified atom stereocenters. The lowest BCUT2D eigenvalue weighted by molar-refractivity contribution is -0.125. The molecule has 2 aliphatic heterocycles. The zero-order chi connectivity index (χ0) is 16.5. The van der Waals surface area contributed by atoms with E-state index in [4.69, 9.17) is 4.74 Å². The van der Waals surface area contributed by atoms with Crippen LogP contribution < -0.4 is 5.32 Å². The Bertz CT molecular complexity index is 744. The molecule has 2 aromatic rings. The van der Waals surface area contributed by atoms with Gasteiger partial charge in [-0.05, 0) is 31.4 Å². The number of carbonyl (C=O) groups excluding carboxylic acids is 1. The molecule has 1 fully saturated rings. The Morgan fingerprint density at radius 1 is 1.33 bits per heavy atom. The highest BCUT2D eigenvalue weighted by molar-refractivity contribution is 5.96. The maximum absolute atomic E-state index is 12.7. The van der Waals surface area contributed by atoms with Gasteiger partial charge in [-0.2, -0.15) is 5.10 Å². The molecule has 7 heteroatoms. The number of carbonyl (C=O) groups is 1. The van der Waals surface area contributed by atoms with Crippen LogP contribution in [0.1, 0.15) is 29.7 Å². The van der Waals surface area contributed by atoms with Gasteiger partial charge in [0.25, 0.3) is 0 Å². The van der Waals surface area contributed by atoms with Crippen molar-refractivity contribution in [3.05, 3.63) is 41.5 Å². The predicted molar refractivity (Wildman–Crippen MR) is 88.6 cm³/mol. The summed E-state index contributed by atoms with van der Waals surface area (Å²) in [6, 6.07) is 7.87.